The first-order valence-electron chi connectivity index (χ1n) is 13.1. The van der Waals surface area contributed by atoms with E-state index >= 15 is 0 Å². The molecule has 0 bridgehead atoms. The molecule has 180 valence electrons. The fourth-order valence-corrected chi connectivity index (χ4v) is 8.37. The predicted octanol–water partition coefficient (Wildman–Crippen LogP) is 5.75. The smallest absolute Gasteiger partial charge is 0.155 e. The lowest BCUT2D eigenvalue weighted by atomic mass is 9.57. The number of hydrogen-bond acceptors (Lipinski definition) is 3. The van der Waals surface area contributed by atoms with Crippen LogP contribution in [0.3, 0.4) is 0 Å². The monoisotopic (exact) mass is 469 g/mol. The fraction of sp³-hybridized carbons (Fsp3) is 0.690. The number of ketones is 1. The minimum atomic E-state index is -0.311. The zero-order valence-electron chi connectivity index (χ0n) is 20.7. The minimum absolute atomic E-state index is 0.122. The number of fused-ring (bicyclic) bond motifs is 5. The Labute approximate surface area is 204 Å². The molecule has 2 fully saturated rings. The highest BCUT2D eigenvalue weighted by Gasteiger charge is 2.50. The zero-order chi connectivity index (χ0) is 23.5. The van der Waals surface area contributed by atoms with Crippen LogP contribution < -0.4 is 0 Å². The van der Waals surface area contributed by atoms with Crippen molar-refractivity contribution < 1.29 is 9.90 Å². The van der Waals surface area contributed by atoms with Crippen LogP contribution >= 0.6 is 11.6 Å². The van der Waals surface area contributed by atoms with Crippen molar-refractivity contribution in [3.8, 4) is 0 Å². The molecule has 1 aliphatic heterocycles. The molecule has 4 heteroatoms. The van der Waals surface area contributed by atoms with Crippen LogP contribution in [0.4, 0.5) is 0 Å². The van der Waals surface area contributed by atoms with E-state index < -0.39 is 0 Å². The van der Waals surface area contributed by atoms with Crippen molar-refractivity contribution in [3.63, 3.8) is 0 Å². The number of carbonyl (C=O) groups excluding carboxylic acids is 1. The predicted molar refractivity (Wildman–Crippen MR) is 135 cm³/mol. The van der Waals surface area contributed by atoms with Crippen LogP contribution in [-0.4, -0.2) is 46.9 Å². The van der Waals surface area contributed by atoms with Crippen LogP contribution in [-0.2, 0) is 11.2 Å². The van der Waals surface area contributed by atoms with Gasteiger partial charge in [-0.15, -0.1) is 11.6 Å². The van der Waals surface area contributed by atoms with Crippen LogP contribution in [0.1, 0.15) is 87.0 Å². The molecule has 1 saturated heterocycles. The Kier molecular flexibility index (Phi) is 6.29. The number of carbonyl (C=O) groups is 1. The van der Waals surface area contributed by atoms with Crippen molar-refractivity contribution in [2.75, 3.05) is 19.0 Å². The molecule has 1 aromatic carbocycles. The summed E-state index contributed by atoms with van der Waals surface area (Å²) in [6, 6.07) is 4.90. The Hall–Kier alpha value is -1.16. The van der Waals surface area contributed by atoms with E-state index in [4.69, 9.17) is 11.6 Å². The standard InChI is InChI=1S/C29H40ClNO2/c1-17-13-27(33)28(31(16-17)12-11-30)19(3)22-7-8-23-24-6-5-20-14-21(32)9-10-29(20,4)26(24)15-25(23)18(22)2/h7-8,14,17,19,24,26-28,33H,5-6,9-13,15-16H2,1-4H3/t17-,19-,24-,26-,27+,28-,29-/m0/s1. The number of rotatable bonds is 4. The van der Waals surface area contributed by atoms with Gasteiger partial charge in [-0.05, 0) is 96.4 Å². The topological polar surface area (TPSA) is 40.5 Å². The minimum Gasteiger partial charge on any atom is -0.391 e. The molecule has 0 spiro atoms. The number of allylic oxidation sites excluding steroid dienone is 2. The SMILES string of the molecule is Cc1c([C@H](C)[C@H]2[C@H](O)C[C@H](C)CN2CCCl)ccc2c1C[C@H]1[C@H]2CCC2=CC(=O)CC[C@@]21C. The molecule has 1 heterocycles. The number of benzene rings is 1. The summed E-state index contributed by atoms with van der Waals surface area (Å²) in [6.07, 6.45) is 7.62. The van der Waals surface area contributed by atoms with Crippen LogP contribution in [0.5, 0.6) is 0 Å². The number of halogens is 1. The van der Waals surface area contributed by atoms with E-state index in [1.165, 1.54) is 23.1 Å². The third-order valence-corrected chi connectivity index (χ3v) is 10.0. The Morgan fingerprint density at radius 3 is 2.85 bits per heavy atom. The Morgan fingerprint density at radius 1 is 1.30 bits per heavy atom. The first-order valence-corrected chi connectivity index (χ1v) is 13.6. The van der Waals surface area contributed by atoms with Gasteiger partial charge in [0.05, 0.1) is 6.10 Å². The van der Waals surface area contributed by atoms with Gasteiger partial charge in [0.1, 0.15) is 0 Å². The second-order valence-corrected chi connectivity index (χ2v) is 12.1. The highest BCUT2D eigenvalue weighted by atomic mass is 35.5. The summed E-state index contributed by atoms with van der Waals surface area (Å²) < 4.78 is 0. The summed E-state index contributed by atoms with van der Waals surface area (Å²) in [5.74, 6) is 2.92. The molecule has 0 unspecified atom stereocenters. The first-order chi connectivity index (χ1) is 15.7. The summed E-state index contributed by atoms with van der Waals surface area (Å²) in [4.78, 5) is 14.5. The van der Waals surface area contributed by atoms with Gasteiger partial charge < -0.3 is 5.11 Å². The van der Waals surface area contributed by atoms with E-state index in [9.17, 15) is 9.90 Å². The van der Waals surface area contributed by atoms with E-state index in [1.54, 1.807) is 11.1 Å². The second kappa shape index (κ2) is 8.81. The molecule has 3 aliphatic carbocycles. The van der Waals surface area contributed by atoms with Gasteiger partial charge in [0.15, 0.2) is 5.78 Å². The Morgan fingerprint density at radius 2 is 2.09 bits per heavy atom. The number of hydrogen-bond donors (Lipinski definition) is 1. The highest BCUT2D eigenvalue weighted by molar-refractivity contribution is 6.18. The summed E-state index contributed by atoms with van der Waals surface area (Å²) in [5, 5.41) is 11.1. The summed E-state index contributed by atoms with van der Waals surface area (Å²) in [7, 11) is 0. The van der Waals surface area contributed by atoms with Gasteiger partial charge >= 0.3 is 0 Å². The summed E-state index contributed by atoms with van der Waals surface area (Å²) in [6.45, 7) is 11.1. The summed E-state index contributed by atoms with van der Waals surface area (Å²) >= 11 is 6.15. The Balaban J connectivity index is 1.46. The maximum absolute atomic E-state index is 12.1. The van der Waals surface area contributed by atoms with Gasteiger partial charge in [-0.3, -0.25) is 9.69 Å². The number of likely N-dealkylation sites (tertiary alicyclic amines) is 1. The maximum Gasteiger partial charge on any atom is 0.155 e. The van der Waals surface area contributed by atoms with Crippen molar-refractivity contribution in [2.24, 2.45) is 17.3 Å². The largest absolute Gasteiger partial charge is 0.391 e. The van der Waals surface area contributed by atoms with Crippen LogP contribution in [0.2, 0.25) is 0 Å². The first kappa shape index (κ1) is 23.6. The molecule has 5 rings (SSSR count). The third kappa shape index (κ3) is 3.83. The highest BCUT2D eigenvalue weighted by Crippen LogP contribution is 2.60. The van der Waals surface area contributed by atoms with E-state index in [1.807, 2.05) is 6.08 Å². The molecule has 7 atom stereocenters. The lowest BCUT2D eigenvalue weighted by Gasteiger charge is -2.47. The van der Waals surface area contributed by atoms with E-state index in [0.717, 1.165) is 38.8 Å². The van der Waals surface area contributed by atoms with Gasteiger partial charge in [-0.1, -0.05) is 38.5 Å². The maximum atomic E-state index is 12.1. The molecule has 1 saturated carbocycles. The lowest BCUT2D eigenvalue weighted by Crippen LogP contribution is -2.54. The van der Waals surface area contributed by atoms with Crippen molar-refractivity contribution in [1.82, 2.24) is 4.90 Å². The number of aliphatic hydroxyl groups is 1. The van der Waals surface area contributed by atoms with Gasteiger partial charge in [-0.25, -0.2) is 0 Å². The zero-order valence-corrected chi connectivity index (χ0v) is 21.5. The van der Waals surface area contributed by atoms with E-state index in [2.05, 4.69) is 44.7 Å². The molecular formula is C29H40ClNO2. The fourth-order valence-electron chi connectivity index (χ4n) is 8.15. The second-order valence-electron chi connectivity index (χ2n) is 11.7. The van der Waals surface area contributed by atoms with Gasteiger partial charge in [0, 0.05) is 31.4 Å². The number of alkyl halides is 1. The number of aliphatic hydroxyl groups excluding tert-OH is 1. The van der Waals surface area contributed by atoms with E-state index in [0.29, 0.717) is 35.8 Å². The molecule has 33 heavy (non-hydrogen) atoms. The molecule has 4 aliphatic rings. The summed E-state index contributed by atoms with van der Waals surface area (Å²) in [5.41, 5.74) is 7.52. The lowest BCUT2D eigenvalue weighted by molar-refractivity contribution is -0.116. The molecule has 0 aromatic heterocycles. The third-order valence-electron chi connectivity index (χ3n) is 9.87. The van der Waals surface area contributed by atoms with Gasteiger partial charge in [0.25, 0.3) is 0 Å². The number of piperidine rings is 1. The Bertz CT molecular complexity index is 971. The van der Waals surface area contributed by atoms with Crippen molar-refractivity contribution in [1.29, 1.82) is 0 Å². The quantitative estimate of drug-likeness (QED) is 0.570. The van der Waals surface area contributed by atoms with E-state index in [-0.39, 0.29) is 23.5 Å². The molecule has 3 nitrogen and oxygen atoms in total. The molecule has 0 radical (unpaired) electrons. The van der Waals surface area contributed by atoms with Crippen molar-refractivity contribution in [3.05, 3.63) is 46.0 Å². The normalized spacial score (nSPS) is 37.2. The number of nitrogens with zero attached hydrogens (tertiary/aromatic N) is 1. The average molecular weight is 470 g/mol. The molecule has 1 aromatic rings. The molecule has 1 N–H and O–H groups in total. The van der Waals surface area contributed by atoms with Crippen molar-refractivity contribution in [2.45, 2.75) is 90.2 Å². The van der Waals surface area contributed by atoms with Crippen molar-refractivity contribution >= 4 is 17.4 Å². The van der Waals surface area contributed by atoms with Crippen LogP contribution in [0.25, 0.3) is 0 Å². The molecule has 0 amide bonds. The molecular weight excluding hydrogens is 430 g/mol. The van der Waals surface area contributed by atoms with Gasteiger partial charge in [0.2, 0.25) is 0 Å². The van der Waals surface area contributed by atoms with Crippen LogP contribution in [0, 0.1) is 24.2 Å². The van der Waals surface area contributed by atoms with Gasteiger partial charge in [-0.2, -0.15) is 0 Å². The van der Waals surface area contributed by atoms with Crippen LogP contribution in [0.15, 0.2) is 23.8 Å². The average Bonchev–Trinajstić information content (AvgIpc) is 3.15.